The Morgan fingerprint density at radius 1 is 0.353 bits per heavy atom. The smallest absolute Gasteiger partial charge is 0.0837 e. The molecule has 3 aliphatic heterocycles. The number of hydrogen-bond donors (Lipinski definition) is 0. The molecule has 0 radical (unpaired) electrons. The van der Waals surface area contributed by atoms with Crippen LogP contribution in [0.2, 0.25) is 0 Å². The van der Waals surface area contributed by atoms with E-state index in [9.17, 15) is 0 Å². The highest BCUT2D eigenvalue weighted by atomic mass is 16.5. The molecule has 4 unspecified atom stereocenters. The molecule has 0 aromatic rings. The minimum atomic E-state index is 0.212. The van der Waals surface area contributed by atoms with Gasteiger partial charge in [-0.3, -0.25) is 9.80 Å². The molecule has 34 heavy (non-hydrogen) atoms. The topological polar surface area (TPSA) is 61.9 Å². The molecule has 5 aliphatic rings. The Balaban J connectivity index is 1.43. The molecule has 0 aromatic heterocycles. The lowest BCUT2D eigenvalue weighted by Gasteiger charge is -2.35. The molecule has 8 heteroatoms. The fourth-order valence-electron chi connectivity index (χ4n) is 5.60. The number of ether oxygens (including phenoxy) is 6. The first kappa shape index (κ1) is 26.7. The van der Waals surface area contributed by atoms with Crippen LogP contribution in [-0.2, 0) is 28.4 Å². The Morgan fingerprint density at radius 3 is 0.971 bits per heavy atom. The molecule has 5 rings (SSSR count). The van der Waals surface area contributed by atoms with Gasteiger partial charge >= 0.3 is 0 Å². The van der Waals surface area contributed by atoms with Crippen LogP contribution in [0, 0.1) is 0 Å². The molecule has 2 saturated carbocycles. The van der Waals surface area contributed by atoms with Gasteiger partial charge < -0.3 is 28.4 Å². The van der Waals surface area contributed by atoms with Gasteiger partial charge in [-0.25, -0.2) is 0 Å². The van der Waals surface area contributed by atoms with Gasteiger partial charge in [0.15, 0.2) is 0 Å². The van der Waals surface area contributed by atoms with Crippen molar-refractivity contribution in [3.05, 3.63) is 0 Å². The van der Waals surface area contributed by atoms with Crippen LogP contribution < -0.4 is 0 Å². The Kier molecular flexibility index (Phi) is 12.4. The van der Waals surface area contributed by atoms with Gasteiger partial charge in [0.05, 0.1) is 77.3 Å². The molecule has 0 N–H and O–H groups in total. The van der Waals surface area contributed by atoms with Crippen LogP contribution in [0.25, 0.3) is 0 Å². The van der Waals surface area contributed by atoms with Gasteiger partial charge in [-0.1, -0.05) is 25.7 Å². The fraction of sp³-hybridized carbons (Fsp3) is 1.00. The summed E-state index contributed by atoms with van der Waals surface area (Å²) in [5, 5.41) is 0. The SMILES string of the molecule is C1CCC2OCCN3CCOCCOCCN(CCOC2C1)CCOC1CCCCC1OCC3. The fourth-order valence-corrected chi connectivity index (χ4v) is 5.60. The van der Waals surface area contributed by atoms with Crippen LogP contribution >= 0.6 is 0 Å². The van der Waals surface area contributed by atoms with Crippen molar-refractivity contribution in [3.63, 3.8) is 0 Å². The van der Waals surface area contributed by atoms with E-state index in [0.717, 1.165) is 91.4 Å². The van der Waals surface area contributed by atoms with Crippen LogP contribution in [-0.4, -0.2) is 126 Å². The Bertz CT molecular complexity index is 459. The van der Waals surface area contributed by atoms with Gasteiger partial charge in [-0.15, -0.1) is 0 Å². The predicted octanol–water partition coefficient (Wildman–Crippen LogP) is 2.34. The first-order valence-electron chi connectivity index (χ1n) is 13.9. The zero-order valence-corrected chi connectivity index (χ0v) is 21.2. The molecule has 3 heterocycles. The minimum absolute atomic E-state index is 0.212. The summed E-state index contributed by atoms with van der Waals surface area (Å²) in [6.45, 7) is 11.0. The Morgan fingerprint density at radius 2 is 0.647 bits per heavy atom. The van der Waals surface area contributed by atoms with Crippen molar-refractivity contribution in [3.8, 4) is 0 Å². The van der Waals surface area contributed by atoms with Crippen LogP contribution in [0.5, 0.6) is 0 Å². The monoisotopic (exact) mass is 484 g/mol. The molecule has 0 aromatic carbocycles. The van der Waals surface area contributed by atoms with Crippen LogP contribution in [0.3, 0.4) is 0 Å². The van der Waals surface area contributed by atoms with Gasteiger partial charge in [0.25, 0.3) is 0 Å². The molecular weight excluding hydrogens is 436 g/mol. The number of fused-ring (bicyclic) bond motifs is 15. The molecule has 5 fully saturated rings. The molecule has 8 nitrogen and oxygen atoms in total. The quantitative estimate of drug-likeness (QED) is 0.519. The molecule has 2 bridgehead atoms. The van der Waals surface area contributed by atoms with Crippen molar-refractivity contribution in [1.29, 1.82) is 0 Å². The molecule has 3 saturated heterocycles. The van der Waals surface area contributed by atoms with E-state index in [4.69, 9.17) is 28.4 Å². The summed E-state index contributed by atoms with van der Waals surface area (Å²) < 4.78 is 37.3. The maximum absolute atomic E-state index is 6.40. The summed E-state index contributed by atoms with van der Waals surface area (Å²) in [5.74, 6) is 0. The van der Waals surface area contributed by atoms with Crippen molar-refractivity contribution >= 4 is 0 Å². The summed E-state index contributed by atoms with van der Waals surface area (Å²) in [4.78, 5) is 4.84. The lowest BCUT2D eigenvalue weighted by molar-refractivity contribution is -0.112. The molecule has 4 atom stereocenters. The third kappa shape index (κ3) is 9.28. The summed E-state index contributed by atoms with van der Waals surface area (Å²) >= 11 is 0. The van der Waals surface area contributed by atoms with E-state index in [1.807, 2.05) is 0 Å². The lowest BCUT2D eigenvalue weighted by Crippen LogP contribution is -2.42. The average Bonchev–Trinajstić information content (AvgIpc) is 2.85. The summed E-state index contributed by atoms with van der Waals surface area (Å²) in [6, 6.07) is 0. The first-order valence-corrected chi connectivity index (χ1v) is 13.9. The van der Waals surface area contributed by atoms with Crippen molar-refractivity contribution in [2.75, 3.05) is 92.1 Å². The number of hydrogen-bond acceptors (Lipinski definition) is 8. The standard InChI is InChI=1S/C26H48N2O6/c1-2-6-24-23(5-1)31-17-11-27-9-15-29-21-22-30-16-10-28(12-18-32-24)14-20-34-26-8-4-3-7-25(26)33-19-13-27/h23-26H,1-22H2. The summed E-state index contributed by atoms with van der Waals surface area (Å²) in [7, 11) is 0. The van der Waals surface area contributed by atoms with Gasteiger partial charge in [0.2, 0.25) is 0 Å². The summed E-state index contributed by atoms with van der Waals surface area (Å²) in [6.07, 6.45) is 10.2. The second kappa shape index (κ2) is 15.7. The predicted molar refractivity (Wildman–Crippen MR) is 130 cm³/mol. The minimum Gasteiger partial charge on any atom is -0.378 e. The van der Waals surface area contributed by atoms with Crippen molar-refractivity contribution in [2.45, 2.75) is 75.8 Å². The van der Waals surface area contributed by atoms with E-state index in [2.05, 4.69) is 9.80 Å². The molecule has 2 aliphatic carbocycles. The number of rotatable bonds is 0. The van der Waals surface area contributed by atoms with E-state index < -0.39 is 0 Å². The van der Waals surface area contributed by atoms with Gasteiger partial charge in [-0.05, 0) is 25.7 Å². The highest BCUT2D eigenvalue weighted by molar-refractivity contribution is 4.79. The van der Waals surface area contributed by atoms with E-state index in [-0.39, 0.29) is 24.4 Å². The van der Waals surface area contributed by atoms with Crippen LogP contribution in [0.1, 0.15) is 51.4 Å². The van der Waals surface area contributed by atoms with Crippen LogP contribution in [0.15, 0.2) is 0 Å². The van der Waals surface area contributed by atoms with E-state index in [0.29, 0.717) is 26.4 Å². The molecule has 198 valence electrons. The zero-order valence-electron chi connectivity index (χ0n) is 21.2. The van der Waals surface area contributed by atoms with Gasteiger partial charge in [0.1, 0.15) is 0 Å². The average molecular weight is 485 g/mol. The van der Waals surface area contributed by atoms with Gasteiger partial charge in [0, 0.05) is 39.3 Å². The molecular formula is C26H48N2O6. The van der Waals surface area contributed by atoms with Crippen molar-refractivity contribution in [2.24, 2.45) is 0 Å². The van der Waals surface area contributed by atoms with Crippen LogP contribution in [0.4, 0.5) is 0 Å². The molecule has 0 amide bonds. The molecule has 0 spiro atoms. The lowest BCUT2D eigenvalue weighted by atomic mass is 9.94. The van der Waals surface area contributed by atoms with Crippen molar-refractivity contribution < 1.29 is 28.4 Å². The summed E-state index contributed by atoms with van der Waals surface area (Å²) in [5.41, 5.74) is 0. The number of nitrogens with zero attached hydrogens (tertiary/aromatic N) is 2. The first-order chi connectivity index (χ1) is 16.9. The van der Waals surface area contributed by atoms with Gasteiger partial charge in [-0.2, -0.15) is 0 Å². The Labute approximate surface area is 206 Å². The second-order valence-electron chi connectivity index (χ2n) is 10.1. The normalized spacial score (nSPS) is 38.8. The Hall–Kier alpha value is -0.320. The van der Waals surface area contributed by atoms with E-state index in [1.165, 1.54) is 25.7 Å². The van der Waals surface area contributed by atoms with E-state index >= 15 is 0 Å². The second-order valence-corrected chi connectivity index (χ2v) is 10.1. The van der Waals surface area contributed by atoms with E-state index in [1.54, 1.807) is 0 Å². The van der Waals surface area contributed by atoms with Crippen molar-refractivity contribution in [1.82, 2.24) is 9.80 Å². The maximum atomic E-state index is 6.40. The zero-order chi connectivity index (χ0) is 23.3. The third-order valence-corrected chi connectivity index (χ3v) is 7.72. The third-order valence-electron chi connectivity index (χ3n) is 7.72. The highest BCUT2D eigenvalue weighted by Gasteiger charge is 2.28. The largest absolute Gasteiger partial charge is 0.378 e. The highest BCUT2D eigenvalue weighted by Crippen LogP contribution is 2.25. The maximum Gasteiger partial charge on any atom is 0.0837 e.